The highest BCUT2D eigenvalue weighted by Crippen LogP contribution is 1.81. The van der Waals surface area contributed by atoms with Crippen molar-refractivity contribution in [3.63, 3.8) is 0 Å². The summed E-state index contributed by atoms with van der Waals surface area (Å²) in [5.41, 5.74) is 10.5. The van der Waals surface area contributed by atoms with E-state index in [2.05, 4.69) is 11.8 Å². The first-order chi connectivity index (χ1) is 4.41. The molecule has 0 fully saturated rings. The number of nitrogens with two attached hydrogens (primary N) is 2. The lowest BCUT2D eigenvalue weighted by molar-refractivity contribution is 0.868. The lowest BCUT2D eigenvalue weighted by atomic mass is 10.3. The van der Waals surface area contributed by atoms with Crippen molar-refractivity contribution in [2.45, 2.75) is 19.3 Å². The highest BCUT2D eigenvalue weighted by Gasteiger charge is 1.75. The molecule has 0 bridgehead atoms. The van der Waals surface area contributed by atoms with Crippen molar-refractivity contribution in [3.05, 3.63) is 0 Å². The van der Waals surface area contributed by atoms with Crippen LogP contribution in [0.4, 0.5) is 0 Å². The molecule has 0 amide bonds. The van der Waals surface area contributed by atoms with E-state index in [1.165, 1.54) is 0 Å². The normalized spacial score (nSPS) is 8.22. The summed E-state index contributed by atoms with van der Waals surface area (Å²) in [6.45, 7) is 1.40. The minimum atomic E-state index is 0.662. The molecule has 9 heavy (non-hydrogen) atoms. The fourth-order valence-electron chi connectivity index (χ4n) is 0.439. The Morgan fingerprint density at radius 3 is 2.11 bits per heavy atom. The number of hydrogen-bond acceptors (Lipinski definition) is 2. The molecule has 0 aromatic rings. The molecule has 0 spiro atoms. The Morgan fingerprint density at radius 1 is 0.889 bits per heavy atom. The summed E-state index contributed by atoms with van der Waals surface area (Å²) in [6, 6.07) is 0. The molecule has 2 heteroatoms. The molecule has 0 aliphatic rings. The van der Waals surface area contributed by atoms with Crippen molar-refractivity contribution in [2.24, 2.45) is 11.5 Å². The van der Waals surface area contributed by atoms with E-state index in [9.17, 15) is 0 Å². The summed E-state index contributed by atoms with van der Waals surface area (Å²) in [5.74, 6) is 5.92. The van der Waals surface area contributed by atoms with Crippen molar-refractivity contribution in [3.8, 4) is 11.8 Å². The molecular formula is C7H14N2. The number of rotatable bonds is 3. The van der Waals surface area contributed by atoms with Gasteiger partial charge < -0.3 is 11.5 Å². The van der Waals surface area contributed by atoms with Gasteiger partial charge in [0.05, 0.1) is 0 Å². The van der Waals surface area contributed by atoms with E-state index >= 15 is 0 Å². The topological polar surface area (TPSA) is 52.0 Å². The molecule has 0 saturated carbocycles. The third-order valence-corrected chi connectivity index (χ3v) is 0.900. The molecule has 0 atom stereocenters. The van der Waals surface area contributed by atoms with Gasteiger partial charge in [-0.3, -0.25) is 0 Å². The molecular weight excluding hydrogens is 112 g/mol. The molecule has 0 radical (unpaired) electrons. The second-order valence-corrected chi connectivity index (χ2v) is 1.78. The average Bonchev–Trinajstić information content (AvgIpc) is 1.89. The van der Waals surface area contributed by atoms with E-state index < -0.39 is 0 Å². The van der Waals surface area contributed by atoms with E-state index in [0.29, 0.717) is 6.54 Å². The highest BCUT2D eigenvalue weighted by molar-refractivity contribution is 4.98. The van der Waals surface area contributed by atoms with Gasteiger partial charge in [0.15, 0.2) is 0 Å². The van der Waals surface area contributed by atoms with Crippen LogP contribution in [0.15, 0.2) is 0 Å². The summed E-state index contributed by atoms with van der Waals surface area (Å²) >= 11 is 0. The molecule has 52 valence electrons. The van der Waals surface area contributed by atoms with Crippen molar-refractivity contribution >= 4 is 0 Å². The molecule has 0 aromatic heterocycles. The Bertz CT molecular complexity index is 99.2. The monoisotopic (exact) mass is 126 g/mol. The maximum Gasteiger partial charge on any atom is 0.0212 e. The SMILES string of the molecule is NCCC#CCCCN. The first kappa shape index (κ1) is 8.48. The number of hydrogen-bond donors (Lipinski definition) is 2. The van der Waals surface area contributed by atoms with Gasteiger partial charge >= 0.3 is 0 Å². The number of unbranched alkanes of at least 4 members (excludes halogenated alkanes) is 1. The Hall–Kier alpha value is -0.520. The lowest BCUT2D eigenvalue weighted by Crippen LogP contribution is -1.97. The van der Waals surface area contributed by atoms with Gasteiger partial charge in [0.1, 0.15) is 0 Å². The lowest BCUT2D eigenvalue weighted by Gasteiger charge is -1.83. The van der Waals surface area contributed by atoms with Gasteiger partial charge in [-0.25, -0.2) is 0 Å². The Morgan fingerprint density at radius 2 is 1.56 bits per heavy atom. The van der Waals surface area contributed by atoms with Gasteiger partial charge in [-0.15, -0.1) is 11.8 Å². The van der Waals surface area contributed by atoms with Gasteiger partial charge in [0.2, 0.25) is 0 Å². The Labute approximate surface area is 56.6 Å². The van der Waals surface area contributed by atoms with Gasteiger partial charge in [0.25, 0.3) is 0 Å². The van der Waals surface area contributed by atoms with Crippen LogP contribution >= 0.6 is 0 Å². The van der Waals surface area contributed by atoms with Crippen LogP contribution in [0.3, 0.4) is 0 Å². The molecule has 0 aliphatic carbocycles. The highest BCUT2D eigenvalue weighted by atomic mass is 14.5. The van der Waals surface area contributed by atoms with Crippen molar-refractivity contribution in [2.75, 3.05) is 13.1 Å². The van der Waals surface area contributed by atoms with Crippen molar-refractivity contribution in [1.82, 2.24) is 0 Å². The van der Waals surface area contributed by atoms with E-state index in [1.807, 2.05) is 0 Å². The van der Waals surface area contributed by atoms with Gasteiger partial charge in [-0.2, -0.15) is 0 Å². The van der Waals surface area contributed by atoms with Crippen LogP contribution in [0, 0.1) is 11.8 Å². The maximum absolute atomic E-state index is 5.25. The maximum atomic E-state index is 5.25. The largest absolute Gasteiger partial charge is 0.330 e. The van der Waals surface area contributed by atoms with Gasteiger partial charge in [-0.05, 0) is 13.0 Å². The fourth-order valence-corrected chi connectivity index (χ4v) is 0.439. The van der Waals surface area contributed by atoms with Crippen LogP contribution in [-0.4, -0.2) is 13.1 Å². The zero-order valence-electron chi connectivity index (χ0n) is 5.69. The Kier molecular flexibility index (Phi) is 7.05. The fraction of sp³-hybridized carbons (Fsp3) is 0.714. The Balaban J connectivity index is 2.96. The summed E-state index contributed by atoms with van der Waals surface area (Å²) in [6.07, 6.45) is 2.72. The third kappa shape index (κ3) is 7.48. The second-order valence-electron chi connectivity index (χ2n) is 1.78. The van der Waals surface area contributed by atoms with E-state index in [4.69, 9.17) is 11.5 Å². The predicted molar refractivity (Wildman–Crippen MR) is 39.7 cm³/mol. The van der Waals surface area contributed by atoms with Crippen molar-refractivity contribution in [1.29, 1.82) is 0 Å². The van der Waals surface area contributed by atoms with Gasteiger partial charge in [0, 0.05) is 19.4 Å². The molecule has 0 heterocycles. The predicted octanol–water partition coefficient (Wildman–Crippen LogP) is 0.0775. The molecule has 4 N–H and O–H groups in total. The molecule has 2 nitrogen and oxygen atoms in total. The second kappa shape index (κ2) is 7.48. The molecule has 0 rings (SSSR count). The van der Waals surface area contributed by atoms with Crippen LogP contribution in [-0.2, 0) is 0 Å². The van der Waals surface area contributed by atoms with Crippen molar-refractivity contribution < 1.29 is 0 Å². The van der Waals surface area contributed by atoms with Crippen LogP contribution in [0.25, 0.3) is 0 Å². The third-order valence-electron chi connectivity index (χ3n) is 0.900. The van der Waals surface area contributed by atoms with Crippen LogP contribution in [0.1, 0.15) is 19.3 Å². The molecule has 0 aromatic carbocycles. The first-order valence-electron chi connectivity index (χ1n) is 3.27. The molecule has 0 unspecified atom stereocenters. The van der Waals surface area contributed by atoms with E-state index in [-0.39, 0.29) is 0 Å². The van der Waals surface area contributed by atoms with Crippen LogP contribution < -0.4 is 11.5 Å². The van der Waals surface area contributed by atoms with Crippen LogP contribution in [0.5, 0.6) is 0 Å². The van der Waals surface area contributed by atoms with Gasteiger partial charge in [-0.1, -0.05) is 0 Å². The summed E-state index contributed by atoms with van der Waals surface area (Å²) < 4.78 is 0. The molecule has 0 aliphatic heterocycles. The molecule has 0 saturated heterocycles. The minimum absolute atomic E-state index is 0.662. The quantitative estimate of drug-likeness (QED) is 0.415. The standard InChI is InChI=1S/C7H14N2/c8-6-4-2-1-3-5-7-9/h2,4-9H2. The zero-order valence-corrected chi connectivity index (χ0v) is 5.69. The zero-order chi connectivity index (χ0) is 6.95. The van der Waals surface area contributed by atoms with E-state index in [1.54, 1.807) is 0 Å². The minimum Gasteiger partial charge on any atom is -0.330 e. The van der Waals surface area contributed by atoms with E-state index in [0.717, 1.165) is 25.8 Å². The summed E-state index contributed by atoms with van der Waals surface area (Å²) in [5, 5.41) is 0. The summed E-state index contributed by atoms with van der Waals surface area (Å²) in [7, 11) is 0. The average molecular weight is 126 g/mol. The first-order valence-corrected chi connectivity index (χ1v) is 3.27. The summed E-state index contributed by atoms with van der Waals surface area (Å²) in [4.78, 5) is 0. The smallest absolute Gasteiger partial charge is 0.0212 e. The van der Waals surface area contributed by atoms with Crippen LogP contribution in [0.2, 0.25) is 0 Å².